The van der Waals surface area contributed by atoms with E-state index in [1.54, 1.807) is 19.2 Å². The van der Waals surface area contributed by atoms with Gasteiger partial charge in [0.05, 0.1) is 13.2 Å². The summed E-state index contributed by atoms with van der Waals surface area (Å²) in [5.74, 6) is 2.46. The third kappa shape index (κ3) is 4.44. The van der Waals surface area contributed by atoms with Crippen LogP contribution < -0.4 is 11.1 Å². The van der Waals surface area contributed by atoms with Gasteiger partial charge in [-0.2, -0.15) is 0 Å². The number of halogens is 1. The summed E-state index contributed by atoms with van der Waals surface area (Å²) in [4.78, 5) is 4.03. The average Bonchev–Trinajstić information content (AvgIpc) is 2.37. The highest BCUT2D eigenvalue weighted by atomic mass is 19.1. The first-order valence-corrected chi connectivity index (χ1v) is 5.44. The highest BCUT2D eigenvalue weighted by Gasteiger charge is 2.08. The van der Waals surface area contributed by atoms with Crippen molar-refractivity contribution in [2.24, 2.45) is 10.7 Å². The molecule has 1 rings (SSSR count). The molecule has 96 valence electrons. The van der Waals surface area contributed by atoms with Gasteiger partial charge in [0.2, 0.25) is 0 Å². The first-order chi connectivity index (χ1) is 8.67. The Morgan fingerprint density at radius 2 is 2.22 bits per heavy atom. The molecular formula is C13H16FN3O. The second-order valence-electron chi connectivity index (χ2n) is 3.56. The van der Waals surface area contributed by atoms with E-state index in [4.69, 9.17) is 16.9 Å². The van der Waals surface area contributed by atoms with Crippen molar-refractivity contribution in [3.05, 3.63) is 35.6 Å². The van der Waals surface area contributed by atoms with Crippen molar-refractivity contribution in [3.63, 3.8) is 0 Å². The van der Waals surface area contributed by atoms with E-state index in [9.17, 15) is 4.39 Å². The number of hydrogen-bond acceptors (Lipinski definition) is 2. The van der Waals surface area contributed by atoms with Gasteiger partial charge in [-0.05, 0) is 17.7 Å². The van der Waals surface area contributed by atoms with E-state index in [0.717, 1.165) is 5.56 Å². The lowest BCUT2D eigenvalue weighted by Gasteiger charge is -2.14. The lowest BCUT2D eigenvalue weighted by atomic mass is 10.1. The molecule has 0 saturated carbocycles. The first-order valence-electron chi connectivity index (χ1n) is 5.44. The van der Waals surface area contributed by atoms with Crippen molar-refractivity contribution in [1.29, 1.82) is 0 Å². The second-order valence-corrected chi connectivity index (χ2v) is 3.56. The van der Waals surface area contributed by atoms with Crippen LogP contribution >= 0.6 is 0 Å². The minimum atomic E-state index is -0.433. The second kappa shape index (κ2) is 7.30. The molecule has 3 N–H and O–H groups in total. The fourth-order valence-corrected chi connectivity index (χ4v) is 1.33. The molecule has 4 nitrogen and oxygen atoms in total. The molecule has 0 amide bonds. The molecule has 5 heteroatoms. The number of terminal acetylenes is 1. The van der Waals surface area contributed by atoms with Crippen LogP contribution in [0.15, 0.2) is 29.3 Å². The fraction of sp³-hybridized carbons (Fsp3) is 0.308. The van der Waals surface area contributed by atoms with E-state index in [2.05, 4.69) is 16.2 Å². The Balaban J connectivity index is 2.65. The Morgan fingerprint density at radius 3 is 2.78 bits per heavy atom. The molecule has 0 aromatic heterocycles. The standard InChI is InChI=1S/C13H16FN3O/c1-3-12(10-4-6-11(14)7-5-10)17-13(15)16-8-9-18-2/h1,4-7,12H,8-9H2,2H3,(H3,15,16,17). The van der Waals surface area contributed by atoms with E-state index in [-0.39, 0.29) is 11.8 Å². The zero-order valence-corrected chi connectivity index (χ0v) is 10.2. The number of nitrogens with zero attached hydrogens (tertiary/aromatic N) is 1. The molecule has 0 bridgehead atoms. The van der Waals surface area contributed by atoms with Crippen molar-refractivity contribution in [1.82, 2.24) is 5.32 Å². The van der Waals surface area contributed by atoms with Crippen LogP contribution in [0.2, 0.25) is 0 Å². The number of nitrogens with two attached hydrogens (primary N) is 1. The maximum atomic E-state index is 12.8. The molecular weight excluding hydrogens is 233 g/mol. The monoisotopic (exact) mass is 249 g/mol. The van der Waals surface area contributed by atoms with E-state index in [0.29, 0.717) is 13.2 Å². The van der Waals surface area contributed by atoms with Gasteiger partial charge in [-0.25, -0.2) is 4.39 Å². The lowest BCUT2D eigenvalue weighted by Crippen LogP contribution is -2.34. The predicted molar refractivity (Wildman–Crippen MR) is 69.5 cm³/mol. The highest BCUT2D eigenvalue weighted by molar-refractivity contribution is 5.78. The van der Waals surface area contributed by atoms with Gasteiger partial charge in [-0.15, -0.1) is 6.42 Å². The molecule has 0 heterocycles. The minimum Gasteiger partial charge on any atom is -0.383 e. The maximum absolute atomic E-state index is 12.8. The van der Waals surface area contributed by atoms with Crippen molar-refractivity contribution in [3.8, 4) is 12.3 Å². The molecule has 1 atom stereocenters. The summed E-state index contributed by atoms with van der Waals surface area (Å²) in [6, 6.07) is 5.47. The predicted octanol–water partition coefficient (Wildman–Crippen LogP) is 1.05. The average molecular weight is 249 g/mol. The zero-order valence-electron chi connectivity index (χ0n) is 10.2. The van der Waals surface area contributed by atoms with Crippen LogP contribution in [0.25, 0.3) is 0 Å². The summed E-state index contributed by atoms with van der Waals surface area (Å²) in [6.07, 6.45) is 5.40. The lowest BCUT2D eigenvalue weighted by molar-refractivity contribution is 0.208. The number of methoxy groups -OCH3 is 1. The molecule has 0 saturated heterocycles. The van der Waals surface area contributed by atoms with Gasteiger partial charge in [-0.1, -0.05) is 18.1 Å². The Kier molecular flexibility index (Phi) is 5.68. The molecule has 1 unspecified atom stereocenters. The van der Waals surface area contributed by atoms with Crippen molar-refractivity contribution >= 4 is 5.96 Å². The molecule has 18 heavy (non-hydrogen) atoms. The van der Waals surface area contributed by atoms with Crippen LogP contribution in [0.5, 0.6) is 0 Å². The normalized spacial score (nSPS) is 12.8. The van der Waals surface area contributed by atoms with Gasteiger partial charge in [0, 0.05) is 7.11 Å². The van der Waals surface area contributed by atoms with E-state index >= 15 is 0 Å². The van der Waals surface area contributed by atoms with Crippen LogP contribution in [0.4, 0.5) is 4.39 Å². The molecule has 1 aromatic rings. The number of nitrogens with one attached hydrogen (secondary N) is 1. The third-order valence-electron chi connectivity index (χ3n) is 2.24. The van der Waals surface area contributed by atoms with Gasteiger partial charge < -0.3 is 15.8 Å². The van der Waals surface area contributed by atoms with E-state index in [1.165, 1.54) is 12.1 Å². The zero-order chi connectivity index (χ0) is 13.4. The number of guanidine groups is 1. The number of rotatable bonds is 5. The fourth-order valence-electron chi connectivity index (χ4n) is 1.33. The Hall–Kier alpha value is -2.06. The summed E-state index contributed by atoms with van der Waals surface area (Å²) < 4.78 is 17.6. The summed E-state index contributed by atoms with van der Waals surface area (Å²) in [6.45, 7) is 0.940. The van der Waals surface area contributed by atoms with Gasteiger partial charge in [0.25, 0.3) is 0 Å². The molecule has 0 spiro atoms. The number of ether oxygens (including phenoxy) is 1. The number of benzene rings is 1. The Bertz CT molecular complexity index is 437. The summed E-state index contributed by atoms with van der Waals surface area (Å²) in [5, 5.41) is 2.87. The van der Waals surface area contributed by atoms with Crippen LogP contribution in [0.1, 0.15) is 11.6 Å². The molecule has 0 fully saturated rings. The summed E-state index contributed by atoms with van der Waals surface area (Å²) in [5.41, 5.74) is 6.43. The molecule has 1 aromatic carbocycles. The summed E-state index contributed by atoms with van der Waals surface area (Å²) >= 11 is 0. The van der Waals surface area contributed by atoms with E-state index in [1.807, 2.05) is 0 Å². The largest absolute Gasteiger partial charge is 0.383 e. The third-order valence-corrected chi connectivity index (χ3v) is 2.24. The van der Waals surface area contributed by atoms with Crippen molar-refractivity contribution < 1.29 is 9.13 Å². The topological polar surface area (TPSA) is 59.6 Å². The van der Waals surface area contributed by atoms with Gasteiger partial charge >= 0.3 is 0 Å². The summed E-state index contributed by atoms with van der Waals surface area (Å²) in [7, 11) is 1.59. The minimum absolute atomic E-state index is 0.235. The molecule has 0 aliphatic heterocycles. The van der Waals surface area contributed by atoms with Gasteiger partial charge in [0.15, 0.2) is 5.96 Å². The van der Waals surface area contributed by atoms with Crippen molar-refractivity contribution in [2.75, 3.05) is 20.3 Å². The van der Waals surface area contributed by atoms with Crippen LogP contribution in [-0.2, 0) is 4.74 Å². The maximum Gasteiger partial charge on any atom is 0.189 e. The molecule has 0 radical (unpaired) electrons. The van der Waals surface area contributed by atoms with Crippen molar-refractivity contribution in [2.45, 2.75) is 6.04 Å². The quantitative estimate of drug-likeness (QED) is 0.355. The molecule has 0 aliphatic carbocycles. The smallest absolute Gasteiger partial charge is 0.189 e. The first kappa shape index (κ1) is 14.0. The van der Waals surface area contributed by atoms with Gasteiger partial charge in [-0.3, -0.25) is 4.99 Å². The highest BCUT2D eigenvalue weighted by Crippen LogP contribution is 2.12. The van der Waals surface area contributed by atoms with Crippen LogP contribution in [0.3, 0.4) is 0 Å². The molecule has 0 aliphatic rings. The Morgan fingerprint density at radius 1 is 1.56 bits per heavy atom. The SMILES string of the molecule is C#CC(NC(N)=NCCOC)c1ccc(F)cc1. The van der Waals surface area contributed by atoms with E-state index < -0.39 is 6.04 Å². The van der Waals surface area contributed by atoms with Crippen LogP contribution in [0, 0.1) is 18.2 Å². The van der Waals surface area contributed by atoms with Crippen LogP contribution in [-0.4, -0.2) is 26.2 Å². The number of aliphatic imine (C=N–C) groups is 1. The Labute approximate surface area is 106 Å². The van der Waals surface area contributed by atoms with Gasteiger partial charge in [0.1, 0.15) is 11.9 Å². The number of hydrogen-bond donors (Lipinski definition) is 2.